The van der Waals surface area contributed by atoms with Crippen LogP contribution in [-0.4, -0.2) is 38.4 Å². The number of halogens is 1. The monoisotopic (exact) mass is 316 g/mol. The topological polar surface area (TPSA) is 77.8 Å². The van der Waals surface area contributed by atoms with Gasteiger partial charge in [-0.3, -0.25) is 0 Å². The van der Waals surface area contributed by atoms with Crippen LogP contribution in [0.1, 0.15) is 18.8 Å². The normalized spacial score (nSPS) is 12.5. The van der Waals surface area contributed by atoms with Gasteiger partial charge in [-0.1, -0.05) is 6.07 Å². The lowest BCUT2D eigenvalue weighted by Crippen LogP contribution is -2.16. The van der Waals surface area contributed by atoms with E-state index in [0.717, 1.165) is 5.82 Å². The first-order valence-corrected chi connectivity index (χ1v) is 7.23. The van der Waals surface area contributed by atoms with Crippen LogP contribution in [0.4, 0.5) is 10.2 Å². The van der Waals surface area contributed by atoms with Gasteiger partial charge < -0.3 is 14.6 Å². The van der Waals surface area contributed by atoms with Crippen molar-refractivity contribution in [3.8, 4) is 0 Å². The molecule has 8 heteroatoms. The summed E-state index contributed by atoms with van der Waals surface area (Å²) in [5.74, 6) is 0.797. The van der Waals surface area contributed by atoms with Gasteiger partial charge in [-0.05, 0) is 19.1 Å². The summed E-state index contributed by atoms with van der Waals surface area (Å²) in [6, 6.07) is 4.56. The molecule has 0 amide bonds. The van der Waals surface area contributed by atoms with Gasteiger partial charge in [0.15, 0.2) is 5.82 Å². The van der Waals surface area contributed by atoms with E-state index in [2.05, 4.69) is 25.5 Å². The molecule has 120 valence electrons. The summed E-state index contributed by atoms with van der Waals surface area (Å²) in [5, 5.41) is 11.6. The first-order valence-electron chi connectivity index (χ1n) is 7.23. The number of methoxy groups -OCH3 is 1. The highest BCUT2D eigenvalue weighted by Gasteiger charge is 2.16. The lowest BCUT2D eigenvalue weighted by molar-refractivity contribution is 0.186. The smallest absolute Gasteiger partial charge is 0.155 e. The summed E-state index contributed by atoms with van der Waals surface area (Å²) in [7, 11) is 1.64. The summed E-state index contributed by atoms with van der Waals surface area (Å²) >= 11 is 0. The van der Waals surface area contributed by atoms with Crippen molar-refractivity contribution in [1.29, 1.82) is 0 Å². The predicted molar refractivity (Wildman–Crippen MR) is 83.4 cm³/mol. The number of ether oxygens (including phenoxy) is 1. The van der Waals surface area contributed by atoms with E-state index in [1.54, 1.807) is 25.6 Å². The zero-order valence-corrected chi connectivity index (χ0v) is 12.9. The summed E-state index contributed by atoms with van der Waals surface area (Å²) in [5.41, 5.74) is 0.551. The van der Waals surface area contributed by atoms with Gasteiger partial charge in [0.25, 0.3) is 0 Å². The van der Waals surface area contributed by atoms with Gasteiger partial charge in [0.1, 0.15) is 24.3 Å². The standard InChI is InChI=1S/C15H17FN6O/c1-10(15-21-19-9-22(15)6-7-23-2)20-14-13-11(16)4-3-5-12(13)17-8-18-14/h3-5,8-10H,6-7H2,1-2H3,(H,17,18,20). The van der Waals surface area contributed by atoms with Crippen LogP contribution >= 0.6 is 0 Å². The molecule has 1 unspecified atom stereocenters. The summed E-state index contributed by atoms with van der Waals surface area (Å²) in [6.45, 7) is 3.12. The second-order valence-electron chi connectivity index (χ2n) is 5.10. The maximum Gasteiger partial charge on any atom is 0.155 e. The average Bonchev–Trinajstić information content (AvgIpc) is 3.02. The Morgan fingerprint density at radius 1 is 1.35 bits per heavy atom. The first kappa shape index (κ1) is 15.3. The molecule has 0 spiro atoms. The third kappa shape index (κ3) is 3.11. The van der Waals surface area contributed by atoms with E-state index in [0.29, 0.717) is 29.9 Å². The van der Waals surface area contributed by atoms with Crippen molar-refractivity contribution in [1.82, 2.24) is 24.7 Å². The minimum absolute atomic E-state index is 0.202. The van der Waals surface area contributed by atoms with Crippen LogP contribution in [0.5, 0.6) is 0 Å². The Bertz CT molecular complexity index is 800. The van der Waals surface area contributed by atoms with E-state index < -0.39 is 0 Å². The molecule has 2 aromatic heterocycles. The number of aromatic nitrogens is 5. The third-order valence-corrected chi connectivity index (χ3v) is 3.53. The number of rotatable bonds is 6. The highest BCUT2D eigenvalue weighted by atomic mass is 19.1. The van der Waals surface area contributed by atoms with Gasteiger partial charge in [-0.25, -0.2) is 14.4 Å². The van der Waals surface area contributed by atoms with Crippen molar-refractivity contribution in [3.05, 3.63) is 42.5 Å². The maximum absolute atomic E-state index is 14.1. The molecule has 0 aliphatic heterocycles. The molecule has 0 radical (unpaired) electrons. The number of nitrogens with zero attached hydrogens (tertiary/aromatic N) is 5. The van der Waals surface area contributed by atoms with E-state index in [1.165, 1.54) is 12.4 Å². The average molecular weight is 316 g/mol. The maximum atomic E-state index is 14.1. The first-order chi connectivity index (χ1) is 11.2. The molecule has 0 bridgehead atoms. The number of hydrogen-bond donors (Lipinski definition) is 1. The van der Waals surface area contributed by atoms with Crippen molar-refractivity contribution < 1.29 is 9.13 Å². The van der Waals surface area contributed by atoms with E-state index in [-0.39, 0.29) is 11.9 Å². The van der Waals surface area contributed by atoms with Gasteiger partial charge in [0.2, 0.25) is 0 Å². The molecule has 1 N–H and O–H groups in total. The molecule has 1 atom stereocenters. The summed E-state index contributed by atoms with van der Waals surface area (Å²) in [4.78, 5) is 8.26. The SMILES string of the molecule is COCCn1cnnc1C(C)Nc1ncnc2cccc(F)c12. The van der Waals surface area contributed by atoms with Crippen LogP contribution in [0.3, 0.4) is 0 Å². The van der Waals surface area contributed by atoms with Gasteiger partial charge in [0, 0.05) is 13.7 Å². The Balaban J connectivity index is 1.89. The fourth-order valence-corrected chi connectivity index (χ4v) is 2.41. The quantitative estimate of drug-likeness (QED) is 0.751. The van der Waals surface area contributed by atoms with Crippen molar-refractivity contribution in [2.45, 2.75) is 19.5 Å². The van der Waals surface area contributed by atoms with Crippen LogP contribution in [0.2, 0.25) is 0 Å². The number of hydrogen-bond acceptors (Lipinski definition) is 6. The molecular weight excluding hydrogens is 299 g/mol. The third-order valence-electron chi connectivity index (χ3n) is 3.53. The molecule has 1 aromatic carbocycles. The van der Waals surface area contributed by atoms with Crippen LogP contribution < -0.4 is 5.32 Å². The molecule has 3 rings (SSSR count). The molecular formula is C15H17FN6O. The zero-order valence-electron chi connectivity index (χ0n) is 12.9. The second kappa shape index (κ2) is 6.66. The molecule has 2 heterocycles. The molecule has 0 aliphatic rings. The molecule has 23 heavy (non-hydrogen) atoms. The number of benzene rings is 1. The molecule has 0 saturated heterocycles. The fraction of sp³-hybridized carbons (Fsp3) is 0.333. The van der Waals surface area contributed by atoms with Crippen molar-refractivity contribution in [2.24, 2.45) is 0 Å². The Hall–Kier alpha value is -2.61. The van der Waals surface area contributed by atoms with E-state index in [9.17, 15) is 4.39 Å². The second-order valence-corrected chi connectivity index (χ2v) is 5.10. The van der Waals surface area contributed by atoms with Gasteiger partial charge in [0.05, 0.1) is 23.6 Å². The van der Waals surface area contributed by atoms with Crippen molar-refractivity contribution in [3.63, 3.8) is 0 Å². The van der Waals surface area contributed by atoms with Gasteiger partial charge in [-0.15, -0.1) is 10.2 Å². The lowest BCUT2D eigenvalue weighted by Gasteiger charge is -2.16. The van der Waals surface area contributed by atoms with Crippen LogP contribution in [-0.2, 0) is 11.3 Å². The largest absolute Gasteiger partial charge is 0.383 e. The number of anilines is 1. The zero-order chi connectivity index (χ0) is 16.2. The number of fused-ring (bicyclic) bond motifs is 1. The number of nitrogens with one attached hydrogen (secondary N) is 1. The fourth-order valence-electron chi connectivity index (χ4n) is 2.41. The Morgan fingerprint density at radius 2 is 2.22 bits per heavy atom. The molecule has 3 aromatic rings. The van der Waals surface area contributed by atoms with Crippen molar-refractivity contribution >= 4 is 16.7 Å². The molecule has 7 nitrogen and oxygen atoms in total. The minimum Gasteiger partial charge on any atom is -0.383 e. The van der Waals surface area contributed by atoms with Crippen LogP contribution in [0.15, 0.2) is 30.9 Å². The lowest BCUT2D eigenvalue weighted by atomic mass is 10.2. The van der Waals surface area contributed by atoms with E-state index in [1.807, 2.05) is 11.5 Å². The van der Waals surface area contributed by atoms with Gasteiger partial charge >= 0.3 is 0 Å². The van der Waals surface area contributed by atoms with Crippen LogP contribution in [0, 0.1) is 5.82 Å². The van der Waals surface area contributed by atoms with Crippen molar-refractivity contribution in [2.75, 3.05) is 19.0 Å². The van der Waals surface area contributed by atoms with E-state index in [4.69, 9.17) is 4.74 Å². The summed E-state index contributed by atoms with van der Waals surface area (Å²) in [6.07, 6.45) is 3.05. The van der Waals surface area contributed by atoms with E-state index >= 15 is 0 Å². The Labute approximate surface area is 132 Å². The Kier molecular flexibility index (Phi) is 4.42. The van der Waals surface area contributed by atoms with Gasteiger partial charge in [-0.2, -0.15) is 0 Å². The molecule has 0 aliphatic carbocycles. The van der Waals surface area contributed by atoms with Crippen LogP contribution in [0.25, 0.3) is 10.9 Å². The molecule has 0 saturated carbocycles. The minimum atomic E-state index is -0.362. The Morgan fingerprint density at radius 3 is 3.04 bits per heavy atom. The summed E-state index contributed by atoms with van der Waals surface area (Å²) < 4.78 is 21.1. The highest BCUT2D eigenvalue weighted by Crippen LogP contribution is 2.25. The predicted octanol–water partition coefficient (Wildman–Crippen LogP) is 2.18. The highest BCUT2D eigenvalue weighted by molar-refractivity contribution is 5.89. The molecule has 0 fully saturated rings.